The molecular weight excluding hydrogens is 362 g/mol. The van der Waals surface area contributed by atoms with Crippen LogP contribution < -0.4 is 5.32 Å². The van der Waals surface area contributed by atoms with Crippen molar-refractivity contribution in [2.45, 2.75) is 46.3 Å². The van der Waals surface area contributed by atoms with Gasteiger partial charge in [0, 0.05) is 25.7 Å². The molecule has 1 fully saturated rings. The molecular formula is C21H37NO6. The Morgan fingerprint density at radius 2 is 1.96 bits per heavy atom. The van der Waals surface area contributed by atoms with Gasteiger partial charge in [0.1, 0.15) is 0 Å². The summed E-state index contributed by atoms with van der Waals surface area (Å²) in [5.41, 5.74) is 0. The third kappa shape index (κ3) is 7.70. The molecule has 162 valence electrons. The lowest BCUT2D eigenvalue weighted by Gasteiger charge is -2.38. The molecule has 7 nitrogen and oxygen atoms in total. The standard InChI is InChI=1S/C21H37NO6/c1-4-27-21-17(7-9-25-11-12-26-10-8-23)18(15(2)3)13-19(28-21)20(24)22-14-16-5-6-16/h13,15-18,21,23H,4-12,14H2,1-3H3,(H,22,24)/t17-,18+,21+/m1/s1. The van der Waals surface area contributed by atoms with E-state index in [0.29, 0.717) is 50.6 Å². The first-order chi connectivity index (χ1) is 13.6. The van der Waals surface area contributed by atoms with Gasteiger partial charge < -0.3 is 29.4 Å². The van der Waals surface area contributed by atoms with Crippen molar-refractivity contribution in [2.24, 2.45) is 23.7 Å². The number of allylic oxidation sites excluding steroid dienone is 1. The Morgan fingerprint density at radius 3 is 2.57 bits per heavy atom. The molecule has 0 saturated heterocycles. The molecule has 0 bridgehead atoms. The van der Waals surface area contributed by atoms with Gasteiger partial charge >= 0.3 is 0 Å². The van der Waals surface area contributed by atoms with Gasteiger partial charge in [-0.15, -0.1) is 0 Å². The zero-order valence-electron chi connectivity index (χ0n) is 17.5. The Balaban J connectivity index is 1.91. The SMILES string of the molecule is CCO[C@H]1OC(C(=O)NCC2CC2)=C[C@@H](C(C)C)[C@H]1CCOCCOCCO. The average Bonchev–Trinajstić information content (AvgIpc) is 3.50. The van der Waals surface area contributed by atoms with E-state index in [1.165, 1.54) is 12.8 Å². The second-order valence-electron chi connectivity index (χ2n) is 7.85. The lowest BCUT2D eigenvalue weighted by Crippen LogP contribution is -2.41. The number of aliphatic hydroxyl groups is 1. The summed E-state index contributed by atoms with van der Waals surface area (Å²) in [5.74, 6) is 1.53. The molecule has 0 unspecified atom stereocenters. The molecule has 3 atom stereocenters. The maximum Gasteiger partial charge on any atom is 0.286 e. The molecule has 7 heteroatoms. The first-order valence-corrected chi connectivity index (χ1v) is 10.6. The number of rotatable bonds is 14. The fourth-order valence-corrected chi connectivity index (χ4v) is 3.45. The van der Waals surface area contributed by atoms with Crippen LogP contribution >= 0.6 is 0 Å². The minimum Gasteiger partial charge on any atom is -0.459 e. The van der Waals surface area contributed by atoms with Crippen LogP contribution in [0.4, 0.5) is 0 Å². The molecule has 0 aromatic heterocycles. The van der Waals surface area contributed by atoms with Crippen molar-refractivity contribution < 1.29 is 28.8 Å². The topological polar surface area (TPSA) is 86.3 Å². The van der Waals surface area contributed by atoms with Crippen LogP contribution in [0.15, 0.2) is 11.8 Å². The largest absolute Gasteiger partial charge is 0.459 e. The van der Waals surface area contributed by atoms with E-state index >= 15 is 0 Å². The molecule has 28 heavy (non-hydrogen) atoms. The number of carbonyl (C=O) groups excluding carboxylic acids is 1. The number of ether oxygens (including phenoxy) is 4. The lowest BCUT2D eigenvalue weighted by molar-refractivity contribution is -0.177. The van der Waals surface area contributed by atoms with Gasteiger partial charge in [0.15, 0.2) is 5.76 Å². The first kappa shape index (κ1) is 23.1. The van der Waals surface area contributed by atoms with Gasteiger partial charge in [-0.25, -0.2) is 0 Å². The van der Waals surface area contributed by atoms with Crippen molar-refractivity contribution >= 4 is 5.91 Å². The number of hydrogen-bond acceptors (Lipinski definition) is 6. The molecule has 2 rings (SSSR count). The fraction of sp³-hybridized carbons (Fsp3) is 0.857. The minimum absolute atomic E-state index is 0.0222. The highest BCUT2D eigenvalue weighted by atomic mass is 16.7. The Kier molecular flexibility index (Phi) is 10.3. The van der Waals surface area contributed by atoms with Gasteiger partial charge in [0.2, 0.25) is 6.29 Å². The normalized spacial score (nSPS) is 24.8. The summed E-state index contributed by atoms with van der Waals surface area (Å²) in [4.78, 5) is 12.5. The number of carbonyl (C=O) groups is 1. The third-order valence-electron chi connectivity index (χ3n) is 5.21. The molecule has 0 spiro atoms. The molecule has 1 saturated carbocycles. The highest BCUT2D eigenvalue weighted by Crippen LogP contribution is 2.36. The van der Waals surface area contributed by atoms with Crippen molar-refractivity contribution in [1.29, 1.82) is 0 Å². The Hall–Kier alpha value is -1.15. The summed E-state index contributed by atoms with van der Waals surface area (Å²) in [7, 11) is 0. The highest BCUT2D eigenvalue weighted by Gasteiger charge is 2.38. The first-order valence-electron chi connectivity index (χ1n) is 10.6. The number of nitrogens with one attached hydrogen (secondary N) is 1. The van der Waals surface area contributed by atoms with E-state index in [2.05, 4.69) is 19.2 Å². The molecule has 1 amide bonds. The van der Waals surface area contributed by atoms with Gasteiger partial charge in [0.05, 0.1) is 26.4 Å². The Bertz CT molecular complexity index is 491. The molecule has 1 heterocycles. The monoisotopic (exact) mass is 399 g/mol. The highest BCUT2D eigenvalue weighted by molar-refractivity contribution is 5.91. The van der Waals surface area contributed by atoms with E-state index < -0.39 is 6.29 Å². The van der Waals surface area contributed by atoms with Crippen molar-refractivity contribution in [3.63, 3.8) is 0 Å². The number of aliphatic hydroxyl groups excluding tert-OH is 1. The third-order valence-corrected chi connectivity index (χ3v) is 5.21. The maximum atomic E-state index is 12.5. The summed E-state index contributed by atoms with van der Waals surface area (Å²) in [6, 6.07) is 0. The van der Waals surface area contributed by atoms with Crippen molar-refractivity contribution in [3.8, 4) is 0 Å². The summed E-state index contributed by atoms with van der Waals surface area (Å²) >= 11 is 0. The minimum atomic E-state index is -0.446. The zero-order valence-corrected chi connectivity index (χ0v) is 17.5. The fourth-order valence-electron chi connectivity index (χ4n) is 3.45. The van der Waals surface area contributed by atoms with Crippen LogP contribution in [0.3, 0.4) is 0 Å². The number of amides is 1. The van der Waals surface area contributed by atoms with E-state index in [4.69, 9.17) is 24.1 Å². The van der Waals surface area contributed by atoms with Crippen molar-refractivity contribution in [3.05, 3.63) is 11.8 Å². The van der Waals surface area contributed by atoms with E-state index in [1.807, 2.05) is 13.0 Å². The molecule has 2 N–H and O–H groups in total. The molecule has 1 aliphatic carbocycles. The van der Waals surface area contributed by atoms with E-state index in [9.17, 15) is 4.79 Å². The predicted molar refractivity (Wildman–Crippen MR) is 105 cm³/mol. The molecule has 0 radical (unpaired) electrons. The molecule has 1 aliphatic heterocycles. The van der Waals surface area contributed by atoms with Crippen molar-refractivity contribution in [2.75, 3.05) is 46.2 Å². The van der Waals surface area contributed by atoms with Crippen LogP contribution in [0.25, 0.3) is 0 Å². The Labute approximate surface area is 168 Å². The summed E-state index contributed by atoms with van der Waals surface area (Å²) in [6.07, 6.45) is 4.70. The average molecular weight is 400 g/mol. The molecule has 0 aromatic rings. The van der Waals surface area contributed by atoms with Gasteiger partial charge in [0.25, 0.3) is 5.91 Å². The zero-order chi connectivity index (χ0) is 20.4. The summed E-state index contributed by atoms with van der Waals surface area (Å²) in [6.45, 7) is 9.38. The van der Waals surface area contributed by atoms with Crippen LogP contribution in [0.2, 0.25) is 0 Å². The summed E-state index contributed by atoms with van der Waals surface area (Å²) in [5, 5.41) is 11.7. The second-order valence-corrected chi connectivity index (χ2v) is 7.85. The van der Waals surface area contributed by atoms with Crippen LogP contribution in [0.5, 0.6) is 0 Å². The van der Waals surface area contributed by atoms with Crippen LogP contribution in [-0.4, -0.2) is 63.5 Å². The van der Waals surface area contributed by atoms with Gasteiger partial charge in [-0.05, 0) is 50.0 Å². The van der Waals surface area contributed by atoms with E-state index in [1.54, 1.807) is 0 Å². The van der Waals surface area contributed by atoms with Crippen LogP contribution in [-0.2, 0) is 23.7 Å². The van der Waals surface area contributed by atoms with Crippen molar-refractivity contribution in [1.82, 2.24) is 5.32 Å². The second kappa shape index (κ2) is 12.4. The van der Waals surface area contributed by atoms with Gasteiger partial charge in [-0.3, -0.25) is 4.79 Å². The maximum absolute atomic E-state index is 12.5. The summed E-state index contributed by atoms with van der Waals surface area (Å²) < 4.78 is 22.7. The van der Waals surface area contributed by atoms with Gasteiger partial charge in [-0.1, -0.05) is 13.8 Å². The number of hydrogen-bond donors (Lipinski definition) is 2. The van der Waals surface area contributed by atoms with Crippen LogP contribution in [0.1, 0.15) is 40.0 Å². The van der Waals surface area contributed by atoms with Gasteiger partial charge in [-0.2, -0.15) is 0 Å². The predicted octanol–water partition coefficient (Wildman–Crippen LogP) is 2.09. The lowest BCUT2D eigenvalue weighted by atomic mass is 9.79. The Morgan fingerprint density at radius 1 is 1.25 bits per heavy atom. The smallest absolute Gasteiger partial charge is 0.286 e. The quantitative estimate of drug-likeness (QED) is 0.435. The van der Waals surface area contributed by atoms with Crippen LogP contribution in [0, 0.1) is 23.7 Å². The van der Waals surface area contributed by atoms with E-state index in [0.717, 1.165) is 13.0 Å². The van der Waals surface area contributed by atoms with E-state index in [-0.39, 0.29) is 24.3 Å². The molecule has 0 aromatic carbocycles. The molecule has 2 aliphatic rings.